The number of aliphatic carboxylic acids is 1. The topological polar surface area (TPSA) is 66.3 Å². The van der Waals surface area contributed by atoms with Crippen molar-refractivity contribution in [1.29, 1.82) is 0 Å². The first-order valence-electron chi connectivity index (χ1n) is 6.99. The smallest absolute Gasteiger partial charge is 0.308 e. The number of nitrogens with zero attached hydrogens (tertiary/aromatic N) is 3. The van der Waals surface area contributed by atoms with Crippen molar-refractivity contribution in [2.45, 2.75) is 39.0 Å². The van der Waals surface area contributed by atoms with E-state index in [0.717, 1.165) is 50.3 Å². The van der Waals surface area contributed by atoms with Gasteiger partial charge in [0.25, 0.3) is 0 Å². The lowest BCUT2D eigenvalue weighted by Crippen LogP contribution is -2.39. The predicted octanol–water partition coefficient (Wildman–Crippen LogP) is 1.57. The highest BCUT2D eigenvalue weighted by Gasteiger charge is 2.29. The van der Waals surface area contributed by atoms with Gasteiger partial charge in [0.1, 0.15) is 11.6 Å². The maximum absolute atomic E-state index is 11.2. The van der Waals surface area contributed by atoms with E-state index in [-0.39, 0.29) is 5.92 Å². The minimum atomic E-state index is -0.688. The third-order valence-electron chi connectivity index (χ3n) is 4.09. The maximum Gasteiger partial charge on any atom is 0.308 e. The Morgan fingerprint density at radius 2 is 2.16 bits per heavy atom. The van der Waals surface area contributed by atoms with Crippen molar-refractivity contribution < 1.29 is 9.90 Å². The second-order valence-corrected chi connectivity index (χ2v) is 5.50. The van der Waals surface area contributed by atoms with Gasteiger partial charge in [0.05, 0.1) is 5.92 Å². The van der Waals surface area contributed by atoms with Gasteiger partial charge in [-0.25, -0.2) is 9.97 Å². The highest BCUT2D eigenvalue weighted by atomic mass is 16.4. The summed E-state index contributed by atoms with van der Waals surface area (Å²) in [7, 11) is 0. The molecule has 5 heteroatoms. The molecule has 1 atom stereocenters. The van der Waals surface area contributed by atoms with Crippen LogP contribution in [0.5, 0.6) is 0 Å². The van der Waals surface area contributed by atoms with E-state index in [1.165, 1.54) is 11.3 Å². The van der Waals surface area contributed by atoms with E-state index in [9.17, 15) is 9.90 Å². The molecule has 0 aromatic carbocycles. The van der Waals surface area contributed by atoms with E-state index in [4.69, 9.17) is 0 Å². The molecule has 3 rings (SSSR count). The zero-order valence-corrected chi connectivity index (χ0v) is 11.2. The molecule has 1 aliphatic heterocycles. The van der Waals surface area contributed by atoms with Crippen LogP contribution in [0.25, 0.3) is 0 Å². The van der Waals surface area contributed by atoms with Crippen molar-refractivity contribution in [2.24, 2.45) is 5.92 Å². The molecule has 1 N–H and O–H groups in total. The van der Waals surface area contributed by atoms with Crippen molar-refractivity contribution in [3.63, 3.8) is 0 Å². The lowest BCUT2D eigenvalue weighted by atomic mass is 9.98. The minimum absolute atomic E-state index is 0.263. The van der Waals surface area contributed by atoms with E-state index in [1.807, 2.05) is 6.92 Å². The molecule has 19 heavy (non-hydrogen) atoms. The Kier molecular flexibility index (Phi) is 3.12. The van der Waals surface area contributed by atoms with Crippen LogP contribution in [0.4, 0.5) is 5.82 Å². The lowest BCUT2D eigenvalue weighted by molar-refractivity contribution is -0.141. The molecule has 1 aliphatic carbocycles. The number of fused-ring (bicyclic) bond motifs is 1. The van der Waals surface area contributed by atoms with Crippen LogP contribution in [-0.4, -0.2) is 34.1 Å². The first kappa shape index (κ1) is 12.4. The van der Waals surface area contributed by atoms with Gasteiger partial charge in [0.2, 0.25) is 0 Å². The van der Waals surface area contributed by atoms with Gasteiger partial charge in [0.15, 0.2) is 0 Å². The molecule has 2 aliphatic rings. The third kappa shape index (κ3) is 2.29. The normalized spacial score (nSPS) is 22.4. The Balaban J connectivity index is 1.91. The SMILES string of the molecule is Cc1nc2c(c(N3CCC[C@H](C(=O)O)C3)n1)CCC2. The van der Waals surface area contributed by atoms with Crippen LogP contribution in [0, 0.1) is 12.8 Å². The molecule has 0 saturated carbocycles. The Bertz CT molecular complexity index is 516. The van der Waals surface area contributed by atoms with Crippen LogP contribution in [-0.2, 0) is 17.6 Å². The molecule has 2 heterocycles. The predicted molar refractivity (Wildman–Crippen MR) is 71.4 cm³/mol. The van der Waals surface area contributed by atoms with Crippen molar-refractivity contribution in [3.8, 4) is 0 Å². The Morgan fingerprint density at radius 1 is 1.32 bits per heavy atom. The van der Waals surface area contributed by atoms with Gasteiger partial charge in [-0.1, -0.05) is 0 Å². The van der Waals surface area contributed by atoms with Gasteiger partial charge in [-0.15, -0.1) is 0 Å². The van der Waals surface area contributed by atoms with Crippen molar-refractivity contribution in [1.82, 2.24) is 9.97 Å². The molecule has 0 spiro atoms. The molecule has 1 aromatic heterocycles. The molecular formula is C14H19N3O2. The Hall–Kier alpha value is -1.65. The largest absolute Gasteiger partial charge is 0.481 e. The third-order valence-corrected chi connectivity index (χ3v) is 4.09. The summed E-state index contributed by atoms with van der Waals surface area (Å²) in [4.78, 5) is 22.4. The highest BCUT2D eigenvalue weighted by molar-refractivity contribution is 5.71. The molecule has 1 aromatic rings. The molecule has 1 saturated heterocycles. The summed E-state index contributed by atoms with van der Waals surface area (Å²) in [5, 5.41) is 9.19. The van der Waals surface area contributed by atoms with Gasteiger partial charge < -0.3 is 10.0 Å². The number of carbonyl (C=O) groups is 1. The number of aromatic nitrogens is 2. The second-order valence-electron chi connectivity index (χ2n) is 5.50. The standard InChI is InChI=1S/C14H19N3O2/c1-9-15-12-6-2-5-11(12)13(16-9)17-7-3-4-10(8-17)14(18)19/h10H,2-8H2,1H3,(H,18,19)/t10-/m0/s1. The number of carboxylic acids is 1. The van der Waals surface area contributed by atoms with Gasteiger partial charge in [-0.05, 0) is 39.0 Å². The van der Waals surface area contributed by atoms with Gasteiger partial charge >= 0.3 is 5.97 Å². The van der Waals surface area contributed by atoms with Crippen molar-refractivity contribution in [3.05, 3.63) is 17.1 Å². The molecule has 1 fully saturated rings. The summed E-state index contributed by atoms with van der Waals surface area (Å²) >= 11 is 0. The van der Waals surface area contributed by atoms with Crippen molar-refractivity contribution in [2.75, 3.05) is 18.0 Å². The summed E-state index contributed by atoms with van der Waals surface area (Å²) in [5.74, 6) is 0.840. The Morgan fingerprint density at radius 3 is 2.95 bits per heavy atom. The molecule has 0 unspecified atom stereocenters. The summed E-state index contributed by atoms with van der Waals surface area (Å²) in [5.41, 5.74) is 2.41. The maximum atomic E-state index is 11.2. The second kappa shape index (κ2) is 4.79. The number of piperidine rings is 1. The van der Waals surface area contributed by atoms with E-state index < -0.39 is 5.97 Å². The number of aryl methyl sites for hydroxylation is 2. The van der Waals surface area contributed by atoms with Gasteiger partial charge in [0, 0.05) is 24.3 Å². The summed E-state index contributed by atoms with van der Waals surface area (Å²) < 4.78 is 0. The number of anilines is 1. The monoisotopic (exact) mass is 261 g/mol. The van der Waals surface area contributed by atoms with Gasteiger partial charge in [-0.2, -0.15) is 0 Å². The summed E-state index contributed by atoms with van der Waals surface area (Å²) in [6, 6.07) is 0. The van der Waals surface area contributed by atoms with Crippen LogP contribution in [0.1, 0.15) is 36.3 Å². The zero-order valence-electron chi connectivity index (χ0n) is 11.2. The molecule has 0 amide bonds. The highest BCUT2D eigenvalue weighted by Crippen LogP contribution is 2.31. The molecule has 0 radical (unpaired) electrons. The fraction of sp³-hybridized carbons (Fsp3) is 0.643. The van der Waals surface area contributed by atoms with Crippen molar-refractivity contribution >= 4 is 11.8 Å². The number of hydrogen-bond donors (Lipinski definition) is 1. The van der Waals surface area contributed by atoms with E-state index in [2.05, 4.69) is 14.9 Å². The Labute approximate surface area is 112 Å². The zero-order chi connectivity index (χ0) is 13.4. The van der Waals surface area contributed by atoms with Crippen LogP contribution in [0.15, 0.2) is 0 Å². The molecule has 5 nitrogen and oxygen atoms in total. The summed E-state index contributed by atoms with van der Waals surface area (Å²) in [6.07, 6.45) is 4.89. The fourth-order valence-electron chi connectivity index (χ4n) is 3.17. The first-order chi connectivity index (χ1) is 9.15. The quantitative estimate of drug-likeness (QED) is 0.875. The van der Waals surface area contributed by atoms with Crippen LogP contribution in [0.3, 0.4) is 0 Å². The molecule has 0 bridgehead atoms. The fourth-order valence-corrected chi connectivity index (χ4v) is 3.17. The average molecular weight is 261 g/mol. The molecular weight excluding hydrogens is 242 g/mol. The molecule has 102 valence electrons. The number of rotatable bonds is 2. The number of carboxylic acid groups (broad SMARTS) is 1. The average Bonchev–Trinajstić information content (AvgIpc) is 2.85. The van der Waals surface area contributed by atoms with E-state index >= 15 is 0 Å². The van der Waals surface area contributed by atoms with Crippen LogP contribution in [0.2, 0.25) is 0 Å². The van der Waals surface area contributed by atoms with E-state index in [1.54, 1.807) is 0 Å². The first-order valence-corrected chi connectivity index (χ1v) is 6.99. The van der Waals surface area contributed by atoms with E-state index in [0.29, 0.717) is 6.54 Å². The lowest BCUT2D eigenvalue weighted by Gasteiger charge is -2.32. The van der Waals surface area contributed by atoms with Crippen LogP contribution < -0.4 is 4.90 Å². The number of hydrogen-bond acceptors (Lipinski definition) is 4. The van der Waals surface area contributed by atoms with Crippen LogP contribution >= 0.6 is 0 Å². The minimum Gasteiger partial charge on any atom is -0.481 e. The van der Waals surface area contributed by atoms with Gasteiger partial charge in [-0.3, -0.25) is 4.79 Å². The summed E-state index contributed by atoms with van der Waals surface area (Å²) in [6.45, 7) is 3.41.